The summed E-state index contributed by atoms with van der Waals surface area (Å²) in [5, 5.41) is 3.33. The van der Waals surface area contributed by atoms with Crippen molar-refractivity contribution in [1.82, 2.24) is 5.32 Å². The monoisotopic (exact) mass is 377 g/mol. The molecule has 1 N–H and O–H groups in total. The van der Waals surface area contributed by atoms with Gasteiger partial charge in [0.2, 0.25) is 5.76 Å². The van der Waals surface area contributed by atoms with E-state index in [0.717, 1.165) is 5.39 Å². The number of esters is 2. The molecule has 0 aliphatic rings. The van der Waals surface area contributed by atoms with Crippen molar-refractivity contribution in [2.45, 2.75) is 26.4 Å². The zero-order valence-electron chi connectivity index (χ0n) is 15.4. The van der Waals surface area contributed by atoms with Crippen molar-refractivity contribution < 1.29 is 33.0 Å². The number of methoxy groups -OCH3 is 1. The number of benzene rings is 1. The fourth-order valence-corrected chi connectivity index (χ4v) is 2.42. The maximum Gasteiger partial charge on any atom is 0.375 e. The highest BCUT2D eigenvalue weighted by atomic mass is 16.5. The van der Waals surface area contributed by atoms with Crippen molar-refractivity contribution in [2.75, 3.05) is 26.9 Å². The first-order valence-electron chi connectivity index (χ1n) is 8.65. The molecule has 2 rings (SSSR count). The average Bonchev–Trinajstić information content (AvgIpc) is 3.06. The summed E-state index contributed by atoms with van der Waals surface area (Å²) in [6.45, 7) is 2.39. The first-order valence-corrected chi connectivity index (χ1v) is 8.65. The van der Waals surface area contributed by atoms with Gasteiger partial charge in [0.1, 0.15) is 5.58 Å². The molecule has 27 heavy (non-hydrogen) atoms. The van der Waals surface area contributed by atoms with Gasteiger partial charge in [-0.2, -0.15) is 0 Å². The summed E-state index contributed by atoms with van der Waals surface area (Å²) in [4.78, 5) is 35.1. The van der Waals surface area contributed by atoms with E-state index >= 15 is 0 Å². The molecule has 0 aliphatic heterocycles. The van der Waals surface area contributed by atoms with Crippen LogP contribution in [0.25, 0.3) is 11.0 Å². The predicted molar refractivity (Wildman–Crippen MR) is 96.1 cm³/mol. The van der Waals surface area contributed by atoms with E-state index in [0.29, 0.717) is 24.2 Å². The van der Waals surface area contributed by atoms with Gasteiger partial charge in [0.15, 0.2) is 6.61 Å². The summed E-state index contributed by atoms with van der Waals surface area (Å²) in [5.41, 5.74) is 1.14. The molecular weight excluding hydrogens is 354 g/mol. The topological polar surface area (TPSA) is 104 Å². The van der Waals surface area contributed by atoms with Gasteiger partial charge in [0, 0.05) is 30.5 Å². The van der Waals surface area contributed by atoms with Gasteiger partial charge in [-0.05, 0) is 19.4 Å². The molecule has 1 heterocycles. The van der Waals surface area contributed by atoms with Gasteiger partial charge in [-0.15, -0.1) is 0 Å². The van der Waals surface area contributed by atoms with Crippen molar-refractivity contribution in [2.24, 2.45) is 0 Å². The van der Waals surface area contributed by atoms with Gasteiger partial charge >= 0.3 is 11.9 Å². The number of fused-ring (bicyclic) bond motifs is 1. The molecule has 2 aromatic rings. The lowest BCUT2D eigenvalue weighted by molar-refractivity contribution is -0.140. The summed E-state index contributed by atoms with van der Waals surface area (Å²) in [5.74, 6) is -1.51. The smallest absolute Gasteiger partial charge is 0.375 e. The van der Waals surface area contributed by atoms with E-state index in [2.05, 4.69) is 10.1 Å². The van der Waals surface area contributed by atoms with E-state index < -0.39 is 18.5 Å². The van der Waals surface area contributed by atoms with Crippen LogP contribution in [0.3, 0.4) is 0 Å². The number of ether oxygens (including phenoxy) is 3. The third kappa shape index (κ3) is 5.82. The second-order valence-electron chi connectivity index (χ2n) is 5.65. The summed E-state index contributed by atoms with van der Waals surface area (Å²) in [6.07, 6.45) is 0.644. The number of furan rings is 1. The first kappa shape index (κ1) is 20.4. The normalized spacial score (nSPS) is 10.6. The van der Waals surface area contributed by atoms with Crippen LogP contribution in [0.5, 0.6) is 0 Å². The summed E-state index contributed by atoms with van der Waals surface area (Å²) < 4.78 is 20.6. The molecule has 1 amide bonds. The van der Waals surface area contributed by atoms with Crippen molar-refractivity contribution in [3.63, 3.8) is 0 Å². The number of hydrogen-bond donors (Lipinski definition) is 1. The highest BCUT2D eigenvalue weighted by Crippen LogP contribution is 2.27. The molecule has 0 atom stereocenters. The number of hydrogen-bond acceptors (Lipinski definition) is 7. The van der Waals surface area contributed by atoms with E-state index in [4.69, 9.17) is 13.9 Å². The number of carbonyl (C=O) groups is 3. The Labute approximate surface area is 156 Å². The maximum absolute atomic E-state index is 12.3. The molecule has 146 valence electrons. The Balaban J connectivity index is 1.91. The maximum atomic E-state index is 12.3. The fourth-order valence-electron chi connectivity index (χ4n) is 2.42. The molecular formula is C19H23NO7. The quantitative estimate of drug-likeness (QED) is 0.500. The van der Waals surface area contributed by atoms with E-state index in [1.807, 2.05) is 19.1 Å². The Morgan fingerprint density at radius 3 is 2.70 bits per heavy atom. The Morgan fingerprint density at radius 1 is 1.19 bits per heavy atom. The Hall–Kier alpha value is -2.87. The van der Waals surface area contributed by atoms with E-state index in [1.165, 1.54) is 7.11 Å². The highest BCUT2D eigenvalue weighted by Gasteiger charge is 2.22. The predicted octanol–water partition coefficient (Wildman–Crippen LogP) is 2.20. The minimum absolute atomic E-state index is 0.0307. The van der Waals surface area contributed by atoms with Crippen LogP contribution >= 0.6 is 0 Å². The van der Waals surface area contributed by atoms with Gasteiger partial charge in [0.05, 0.1) is 13.7 Å². The molecule has 0 radical (unpaired) electrons. The van der Waals surface area contributed by atoms with Crippen LogP contribution in [-0.2, 0) is 30.4 Å². The van der Waals surface area contributed by atoms with E-state index in [9.17, 15) is 14.4 Å². The number of amides is 1. The SMILES string of the molecule is CCOCc1c(C(=O)OCC(=O)NCCCC(=O)OC)oc2ccccc12. The van der Waals surface area contributed by atoms with Gasteiger partial charge in [-0.25, -0.2) is 4.79 Å². The molecule has 0 fully saturated rings. The average molecular weight is 377 g/mol. The lowest BCUT2D eigenvalue weighted by atomic mass is 10.1. The Kier molecular flexibility index (Phi) is 7.81. The molecule has 1 aromatic carbocycles. The van der Waals surface area contributed by atoms with Crippen molar-refractivity contribution >= 4 is 28.8 Å². The minimum Gasteiger partial charge on any atom is -0.469 e. The number of nitrogens with one attached hydrogen (secondary N) is 1. The third-order valence-corrected chi connectivity index (χ3v) is 3.78. The zero-order chi connectivity index (χ0) is 19.6. The van der Waals surface area contributed by atoms with Crippen LogP contribution in [0.4, 0.5) is 0 Å². The molecule has 0 saturated heterocycles. The van der Waals surface area contributed by atoms with Crippen LogP contribution in [-0.4, -0.2) is 44.7 Å². The van der Waals surface area contributed by atoms with Gasteiger partial charge in [0.25, 0.3) is 5.91 Å². The first-order chi connectivity index (χ1) is 13.1. The van der Waals surface area contributed by atoms with Crippen LogP contribution in [0.15, 0.2) is 28.7 Å². The standard InChI is InChI=1S/C19H23NO7/c1-3-25-11-14-13-7-4-5-8-15(13)27-18(14)19(23)26-12-16(21)20-10-6-9-17(22)24-2/h4-5,7-8H,3,6,9-12H2,1-2H3,(H,20,21). The summed E-state index contributed by atoms with van der Waals surface area (Å²) in [6, 6.07) is 7.21. The Morgan fingerprint density at radius 2 is 1.96 bits per heavy atom. The largest absolute Gasteiger partial charge is 0.469 e. The zero-order valence-corrected chi connectivity index (χ0v) is 15.4. The van der Waals surface area contributed by atoms with Crippen LogP contribution in [0.2, 0.25) is 0 Å². The fraction of sp³-hybridized carbons (Fsp3) is 0.421. The summed E-state index contributed by atoms with van der Waals surface area (Å²) >= 11 is 0. The van der Waals surface area contributed by atoms with Gasteiger partial charge < -0.3 is 23.9 Å². The van der Waals surface area contributed by atoms with Crippen molar-refractivity contribution in [1.29, 1.82) is 0 Å². The molecule has 0 aliphatic carbocycles. The van der Waals surface area contributed by atoms with Crippen molar-refractivity contribution in [3.05, 3.63) is 35.6 Å². The Bertz CT molecular complexity index is 796. The lowest BCUT2D eigenvalue weighted by Gasteiger charge is -2.06. The highest BCUT2D eigenvalue weighted by molar-refractivity contribution is 5.96. The number of carbonyl (C=O) groups excluding carboxylic acids is 3. The van der Waals surface area contributed by atoms with Crippen LogP contribution in [0, 0.1) is 0 Å². The van der Waals surface area contributed by atoms with Crippen molar-refractivity contribution in [3.8, 4) is 0 Å². The summed E-state index contributed by atoms with van der Waals surface area (Å²) in [7, 11) is 1.30. The third-order valence-electron chi connectivity index (χ3n) is 3.78. The second-order valence-corrected chi connectivity index (χ2v) is 5.65. The molecule has 8 heteroatoms. The van der Waals surface area contributed by atoms with Crippen LogP contribution < -0.4 is 5.32 Å². The minimum atomic E-state index is -0.731. The molecule has 0 spiro atoms. The van der Waals surface area contributed by atoms with E-state index in [1.54, 1.807) is 12.1 Å². The lowest BCUT2D eigenvalue weighted by Crippen LogP contribution is -2.30. The number of para-hydroxylation sites is 1. The van der Waals surface area contributed by atoms with Gasteiger partial charge in [-0.3, -0.25) is 9.59 Å². The molecule has 8 nitrogen and oxygen atoms in total. The van der Waals surface area contributed by atoms with Crippen LogP contribution in [0.1, 0.15) is 35.9 Å². The molecule has 1 aromatic heterocycles. The van der Waals surface area contributed by atoms with E-state index in [-0.39, 0.29) is 31.3 Å². The second kappa shape index (κ2) is 10.3. The molecule has 0 unspecified atom stereocenters. The number of rotatable bonds is 10. The molecule has 0 saturated carbocycles. The van der Waals surface area contributed by atoms with Gasteiger partial charge in [-0.1, -0.05) is 18.2 Å². The molecule has 0 bridgehead atoms.